The molecule has 4 unspecified atom stereocenters. The van der Waals surface area contributed by atoms with Gasteiger partial charge in [-0.3, -0.25) is 0 Å². The summed E-state index contributed by atoms with van der Waals surface area (Å²) < 4.78 is 28.7. The number of methoxy groups -OCH3 is 1. The van der Waals surface area contributed by atoms with Crippen LogP contribution in [0.5, 0.6) is 0 Å². The average molecular weight is 1120 g/mol. The lowest BCUT2D eigenvalue weighted by atomic mass is 9.97. The van der Waals surface area contributed by atoms with Crippen molar-refractivity contribution in [3.8, 4) is 22.5 Å². The van der Waals surface area contributed by atoms with Gasteiger partial charge in [0.15, 0.2) is 11.2 Å². The number of ether oxygens (including phenoxy) is 1. The summed E-state index contributed by atoms with van der Waals surface area (Å²) in [4.78, 5) is 37.4. The number of benzene rings is 4. The molecule has 20 heteroatoms. The highest BCUT2D eigenvalue weighted by atomic mass is 35.5. The van der Waals surface area contributed by atoms with Crippen molar-refractivity contribution in [2.45, 2.75) is 138 Å². The first-order valence-electron chi connectivity index (χ1n) is 26.5. The van der Waals surface area contributed by atoms with E-state index < -0.39 is 5.97 Å². The summed E-state index contributed by atoms with van der Waals surface area (Å²) in [5.74, 6) is 1.35. The number of aromatic nitrogens is 4. The normalized spacial score (nSPS) is 22.7. The predicted molar refractivity (Wildman–Crippen MR) is 292 cm³/mol. The zero-order valence-corrected chi connectivity index (χ0v) is 45.0. The fourth-order valence-electron chi connectivity index (χ4n) is 12.4. The third-order valence-corrected chi connectivity index (χ3v) is 17.7. The number of fused-ring (bicyclic) bond motifs is 6. The molecule has 398 valence electrons. The molecule has 0 radical (unpaired) electrons. The molecule has 2 aliphatic carbocycles. The number of piperidine rings is 2. The fourth-order valence-corrected chi connectivity index (χ4v) is 13.5. The van der Waals surface area contributed by atoms with Crippen LogP contribution in [0.3, 0.4) is 0 Å². The van der Waals surface area contributed by atoms with Crippen LogP contribution in [0.1, 0.15) is 132 Å². The van der Waals surface area contributed by atoms with Gasteiger partial charge in [-0.05, 0) is 138 Å². The minimum absolute atomic E-state index is 0.197. The Kier molecular flexibility index (Phi) is 13.5. The van der Waals surface area contributed by atoms with Crippen molar-refractivity contribution in [1.82, 2.24) is 30.9 Å². The molecule has 0 amide bonds. The highest BCUT2D eigenvalue weighted by Crippen LogP contribution is 2.49. The lowest BCUT2D eigenvalue weighted by Crippen LogP contribution is -2.49. The second-order valence-corrected chi connectivity index (χ2v) is 23.0. The lowest BCUT2D eigenvalue weighted by Gasteiger charge is -2.38. The van der Waals surface area contributed by atoms with E-state index in [1.807, 2.05) is 42.5 Å². The van der Waals surface area contributed by atoms with Crippen LogP contribution < -0.4 is 20.4 Å². The van der Waals surface area contributed by atoms with Gasteiger partial charge in [0, 0.05) is 83.4 Å². The van der Waals surface area contributed by atoms with Gasteiger partial charge < -0.3 is 48.2 Å². The average Bonchev–Trinajstić information content (AvgIpc) is 4.21. The largest absolute Gasteiger partial charge is 0.478 e. The Morgan fingerprint density at radius 1 is 0.597 bits per heavy atom. The van der Waals surface area contributed by atoms with Gasteiger partial charge in [-0.15, -0.1) is 0 Å². The summed E-state index contributed by atoms with van der Waals surface area (Å²) in [6.07, 6.45) is 12.7. The minimum Gasteiger partial charge on any atom is -0.478 e. The van der Waals surface area contributed by atoms with Crippen molar-refractivity contribution in [3.63, 3.8) is 0 Å². The molecule has 0 spiro atoms. The zero-order valence-electron chi connectivity index (χ0n) is 41.9. The zero-order chi connectivity index (χ0) is 52.6. The molecule has 16 nitrogen and oxygen atoms in total. The van der Waals surface area contributed by atoms with Crippen LogP contribution in [0.2, 0.25) is 20.1 Å². The smallest absolute Gasteiger partial charge is 0.337 e. The molecule has 4 aliphatic heterocycles. The first-order chi connectivity index (χ1) is 37.5. The second kappa shape index (κ2) is 20.6. The lowest BCUT2D eigenvalue weighted by molar-refractivity contribution is 0.0599. The van der Waals surface area contributed by atoms with Gasteiger partial charge in [0.1, 0.15) is 33.9 Å². The molecule has 4 atom stereocenters. The number of hydrogen-bond donors (Lipinski definition) is 3. The predicted octanol–water partition coefficient (Wildman–Crippen LogP) is 13.4. The van der Waals surface area contributed by atoms with Crippen molar-refractivity contribution >= 4 is 92.6 Å². The minimum atomic E-state index is -0.977. The third kappa shape index (κ3) is 9.73. The number of esters is 1. The van der Waals surface area contributed by atoms with Crippen molar-refractivity contribution < 1.29 is 37.3 Å². The number of oxazole rings is 2. The van der Waals surface area contributed by atoms with Gasteiger partial charge in [0.25, 0.3) is 12.0 Å². The van der Waals surface area contributed by atoms with Gasteiger partial charge in [0.2, 0.25) is 0 Å². The van der Waals surface area contributed by atoms with Gasteiger partial charge in [-0.2, -0.15) is 9.97 Å². The van der Waals surface area contributed by atoms with Crippen LogP contribution in [0, 0.1) is 0 Å². The third-order valence-electron chi connectivity index (χ3n) is 16.4. The van der Waals surface area contributed by atoms with E-state index in [9.17, 15) is 14.7 Å². The van der Waals surface area contributed by atoms with E-state index in [0.29, 0.717) is 116 Å². The van der Waals surface area contributed by atoms with Crippen LogP contribution in [-0.2, 0) is 17.8 Å². The molecular formula is C57H54Cl4N8O8. The maximum Gasteiger partial charge on any atom is 0.337 e. The molecule has 8 heterocycles. The molecule has 4 saturated heterocycles. The second-order valence-electron chi connectivity index (χ2n) is 21.3. The number of carboxylic acids is 1. The summed E-state index contributed by atoms with van der Waals surface area (Å²) in [7, 11) is 1.37. The van der Waals surface area contributed by atoms with E-state index in [-0.39, 0.29) is 11.5 Å². The van der Waals surface area contributed by atoms with Crippen LogP contribution in [0.15, 0.2) is 90.7 Å². The number of halogens is 4. The number of carbonyl (C=O) groups excluding carboxylic acids is 1. The van der Waals surface area contributed by atoms with Gasteiger partial charge in [-0.25, -0.2) is 9.59 Å². The van der Waals surface area contributed by atoms with Crippen molar-refractivity contribution in [1.29, 1.82) is 0 Å². The fraction of sp³-hybridized carbons (Fsp3) is 0.404. The Morgan fingerprint density at radius 3 is 1.39 bits per heavy atom. The standard InChI is InChI=1S/C29H28Cl2N4O4.C28H26Cl2N4O4/c1-37-28(36)16-7-10-23-24(11-16)38-29(33-23)35-18-8-9-19(35)13-17(12-18)32-14-20-26(34-39-27(20)15-5-6-15)25-21(30)3-2-4-22(25)31;29-20-2-1-3-21(30)24(20)25-19(26(38-33-25)14-4-5-14)13-31-16-11-17-7-8-18(12-16)34(17)28-32-22-9-6-15(27(35)36)10-23(22)37-28/h2-4,7,10-11,15,17-19,32H,5-6,8-9,12-14H2,1H3;1-3,6,9-10,14,16-18,31H,4-5,7-8,11-13H2,(H,35,36). The number of nitrogens with one attached hydrogen (secondary N) is 2. The SMILES string of the molecule is COC(=O)c1ccc2nc(N3C4CCC3CC(NCc3c(-c5c(Cl)cccc5Cl)noc3C3CC3)C4)oc2c1.O=C(O)c1ccc2nc(N3C4CCC3CC(NCc3c(-c5c(Cl)cccc5Cl)noc3C3CC3)C4)oc2c1. The van der Waals surface area contributed by atoms with Crippen LogP contribution in [-0.4, -0.2) is 80.7 Å². The number of rotatable bonds is 14. The van der Waals surface area contributed by atoms with E-state index in [0.717, 1.165) is 128 Å². The first-order valence-corrected chi connectivity index (χ1v) is 28.0. The Labute approximate surface area is 462 Å². The van der Waals surface area contributed by atoms with Crippen molar-refractivity contribution in [3.05, 3.63) is 127 Å². The van der Waals surface area contributed by atoms with Crippen LogP contribution in [0.4, 0.5) is 12.0 Å². The molecular weight excluding hydrogens is 1070 g/mol. The van der Waals surface area contributed by atoms with Crippen LogP contribution >= 0.6 is 46.4 Å². The Morgan fingerprint density at radius 2 is 1.00 bits per heavy atom. The summed E-state index contributed by atoms with van der Waals surface area (Å²) in [5, 5.41) is 28.0. The highest BCUT2D eigenvalue weighted by molar-refractivity contribution is 6.39. The van der Waals surface area contributed by atoms with Crippen LogP contribution in [0.25, 0.3) is 44.7 Å². The monoisotopic (exact) mass is 1120 g/mol. The Bertz CT molecular complexity index is 3500. The summed E-state index contributed by atoms with van der Waals surface area (Å²) in [6.45, 7) is 1.28. The van der Waals surface area contributed by atoms with Gasteiger partial charge in [-0.1, -0.05) is 68.8 Å². The van der Waals surface area contributed by atoms with E-state index in [1.54, 1.807) is 30.3 Å². The molecule has 2 saturated carbocycles. The number of carbonyl (C=O) groups is 2. The summed E-state index contributed by atoms with van der Waals surface area (Å²) >= 11 is 26.1. The maximum atomic E-state index is 11.9. The summed E-state index contributed by atoms with van der Waals surface area (Å²) in [6, 6.07) is 24.2. The molecule has 6 aliphatic rings. The molecule has 4 aromatic heterocycles. The molecule has 4 bridgehead atoms. The number of aromatic carboxylic acids is 1. The van der Waals surface area contributed by atoms with E-state index >= 15 is 0 Å². The van der Waals surface area contributed by atoms with Gasteiger partial charge >= 0.3 is 11.9 Å². The number of anilines is 2. The molecule has 77 heavy (non-hydrogen) atoms. The van der Waals surface area contributed by atoms with Gasteiger partial charge in [0.05, 0.1) is 38.3 Å². The Hall–Kier alpha value is -6.14. The molecule has 3 N–H and O–H groups in total. The summed E-state index contributed by atoms with van der Waals surface area (Å²) in [5.41, 5.74) is 8.18. The molecule has 4 aromatic carbocycles. The highest BCUT2D eigenvalue weighted by Gasteiger charge is 2.45. The number of hydrogen-bond acceptors (Lipinski definition) is 15. The molecule has 14 rings (SSSR count). The quantitative estimate of drug-likeness (QED) is 0.0868. The molecule has 8 aromatic rings. The van der Waals surface area contributed by atoms with Crippen molar-refractivity contribution in [2.24, 2.45) is 0 Å². The maximum absolute atomic E-state index is 11.9. The number of nitrogens with zero attached hydrogens (tertiary/aromatic N) is 6. The van der Waals surface area contributed by atoms with E-state index in [4.69, 9.17) is 74.0 Å². The van der Waals surface area contributed by atoms with E-state index in [1.165, 1.54) is 7.11 Å². The number of carboxylic acid groups (broad SMARTS) is 1. The van der Waals surface area contributed by atoms with E-state index in [2.05, 4.69) is 35.7 Å². The topological polar surface area (TPSA) is 198 Å². The molecule has 6 fully saturated rings. The van der Waals surface area contributed by atoms with Crippen molar-refractivity contribution in [2.75, 3.05) is 16.9 Å². The first kappa shape index (κ1) is 50.4. The Balaban J connectivity index is 0.000000147.